The maximum atomic E-state index is 12.1. The van der Waals surface area contributed by atoms with Gasteiger partial charge in [-0.15, -0.1) is 0 Å². The first-order chi connectivity index (χ1) is 9.18. The normalized spacial score (nSPS) is 13.6. The van der Waals surface area contributed by atoms with Gasteiger partial charge in [-0.05, 0) is 24.6 Å². The topological polar surface area (TPSA) is 29.1 Å². The molecule has 0 aliphatic rings. The predicted octanol–water partition coefficient (Wildman–Crippen LogP) is 3.61. The number of nitrogens with one attached hydrogen (secondary N) is 1. The molecule has 0 aromatic heterocycles. The second-order valence-corrected chi connectivity index (χ2v) is 4.83. The van der Waals surface area contributed by atoms with E-state index < -0.39 is 0 Å². The average Bonchev–Trinajstić information content (AvgIpc) is 2.48. The van der Waals surface area contributed by atoms with Crippen LogP contribution in [-0.2, 0) is 0 Å². The highest BCUT2D eigenvalue weighted by Gasteiger charge is 2.16. The molecule has 0 aliphatic carbocycles. The Hall–Kier alpha value is -2.09. The summed E-state index contributed by atoms with van der Waals surface area (Å²) in [6.45, 7) is 4.17. The van der Waals surface area contributed by atoms with Crippen molar-refractivity contribution in [2.75, 3.05) is 0 Å². The SMILES string of the molecule is CC(NC(=O)c1ccccc1)[C@H](C)c1ccccc1. The van der Waals surface area contributed by atoms with Gasteiger partial charge in [0.05, 0.1) is 0 Å². The van der Waals surface area contributed by atoms with E-state index in [1.54, 1.807) is 0 Å². The molecule has 0 fully saturated rings. The second-order valence-electron chi connectivity index (χ2n) is 4.83. The molecule has 2 aromatic rings. The summed E-state index contributed by atoms with van der Waals surface area (Å²) in [4.78, 5) is 12.1. The van der Waals surface area contributed by atoms with E-state index in [2.05, 4.69) is 24.4 Å². The number of carbonyl (C=O) groups excluding carboxylic acids is 1. The fourth-order valence-corrected chi connectivity index (χ4v) is 2.05. The Kier molecular flexibility index (Phi) is 4.35. The smallest absolute Gasteiger partial charge is 0.251 e. The van der Waals surface area contributed by atoms with E-state index >= 15 is 0 Å². The van der Waals surface area contributed by atoms with Crippen molar-refractivity contribution in [3.05, 3.63) is 71.8 Å². The summed E-state index contributed by atoms with van der Waals surface area (Å²) in [5, 5.41) is 3.06. The molecular formula is C17H19NO. The second kappa shape index (κ2) is 6.19. The average molecular weight is 253 g/mol. The molecular weight excluding hydrogens is 234 g/mol. The molecule has 0 spiro atoms. The lowest BCUT2D eigenvalue weighted by Gasteiger charge is -2.21. The molecule has 1 unspecified atom stereocenters. The van der Waals surface area contributed by atoms with E-state index in [-0.39, 0.29) is 17.9 Å². The first-order valence-electron chi connectivity index (χ1n) is 6.59. The number of hydrogen-bond acceptors (Lipinski definition) is 1. The van der Waals surface area contributed by atoms with Crippen LogP contribution in [0.1, 0.15) is 35.7 Å². The molecule has 0 radical (unpaired) electrons. The highest BCUT2D eigenvalue weighted by molar-refractivity contribution is 5.94. The minimum atomic E-state index is -0.0177. The maximum Gasteiger partial charge on any atom is 0.251 e. The van der Waals surface area contributed by atoms with Gasteiger partial charge < -0.3 is 5.32 Å². The third-order valence-corrected chi connectivity index (χ3v) is 3.47. The molecule has 1 amide bonds. The minimum absolute atomic E-state index is 0.0177. The highest BCUT2D eigenvalue weighted by atomic mass is 16.1. The Balaban J connectivity index is 2.02. The van der Waals surface area contributed by atoms with Crippen LogP contribution in [0.3, 0.4) is 0 Å². The van der Waals surface area contributed by atoms with Gasteiger partial charge in [0.1, 0.15) is 0 Å². The van der Waals surface area contributed by atoms with Crippen molar-refractivity contribution in [3.63, 3.8) is 0 Å². The van der Waals surface area contributed by atoms with Crippen molar-refractivity contribution in [3.8, 4) is 0 Å². The minimum Gasteiger partial charge on any atom is -0.349 e. The van der Waals surface area contributed by atoms with E-state index in [0.29, 0.717) is 5.56 Å². The van der Waals surface area contributed by atoms with E-state index in [0.717, 1.165) is 0 Å². The van der Waals surface area contributed by atoms with Crippen LogP contribution in [0, 0.1) is 0 Å². The van der Waals surface area contributed by atoms with E-state index in [9.17, 15) is 4.79 Å². The summed E-state index contributed by atoms with van der Waals surface area (Å²) in [7, 11) is 0. The van der Waals surface area contributed by atoms with Crippen LogP contribution in [0.2, 0.25) is 0 Å². The van der Waals surface area contributed by atoms with E-state index in [4.69, 9.17) is 0 Å². The lowest BCUT2D eigenvalue weighted by atomic mass is 9.94. The lowest BCUT2D eigenvalue weighted by Crippen LogP contribution is -2.36. The Morgan fingerprint density at radius 2 is 1.42 bits per heavy atom. The molecule has 0 saturated carbocycles. The summed E-state index contributed by atoms with van der Waals surface area (Å²) in [6, 6.07) is 19.7. The fraction of sp³-hybridized carbons (Fsp3) is 0.235. The zero-order valence-corrected chi connectivity index (χ0v) is 11.3. The third kappa shape index (κ3) is 3.44. The van der Waals surface area contributed by atoms with Gasteiger partial charge in [0.25, 0.3) is 5.91 Å². The molecule has 2 aromatic carbocycles. The molecule has 2 nitrogen and oxygen atoms in total. The van der Waals surface area contributed by atoms with Crippen LogP contribution in [0.5, 0.6) is 0 Å². The Morgan fingerprint density at radius 3 is 2.00 bits per heavy atom. The summed E-state index contributed by atoms with van der Waals surface area (Å²) in [5.74, 6) is 0.268. The summed E-state index contributed by atoms with van der Waals surface area (Å²) in [6.07, 6.45) is 0. The van der Waals surface area contributed by atoms with Crippen LogP contribution in [0.15, 0.2) is 60.7 Å². The largest absolute Gasteiger partial charge is 0.349 e. The fourth-order valence-electron chi connectivity index (χ4n) is 2.05. The van der Waals surface area contributed by atoms with E-state index in [1.807, 2.05) is 55.5 Å². The maximum absolute atomic E-state index is 12.1. The zero-order valence-electron chi connectivity index (χ0n) is 11.3. The standard InChI is InChI=1S/C17H19NO/c1-13(15-9-5-3-6-10-15)14(2)18-17(19)16-11-7-4-8-12-16/h3-14H,1-2H3,(H,18,19)/t13-,14?/m0/s1. The van der Waals surface area contributed by atoms with E-state index in [1.165, 1.54) is 5.56 Å². The van der Waals surface area contributed by atoms with Crippen LogP contribution >= 0.6 is 0 Å². The molecule has 0 aliphatic heterocycles. The van der Waals surface area contributed by atoms with Gasteiger partial charge in [0.15, 0.2) is 0 Å². The molecule has 98 valence electrons. The molecule has 19 heavy (non-hydrogen) atoms. The van der Waals surface area contributed by atoms with Crippen molar-refractivity contribution < 1.29 is 4.79 Å². The molecule has 0 bridgehead atoms. The van der Waals surface area contributed by atoms with Gasteiger partial charge in [0.2, 0.25) is 0 Å². The molecule has 2 heteroatoms. The Morgan fingerprint density at radius 1 is 0.895 bits per heavy atom. The highest BCUT2D eigenvalue weighted by Crippen LogP contribution is 2.18. The van der Waals surface area contributed by atoms with Crippen LogP contribution < -0.4 is 5.32 Å². The number of amides is 1. The van der Waals surface area contributed by atoms with Crippen molar-refractivity contribution in [1.29, 1.82) is 0 Å². The third-order valence-electron chi connectivity index (χ3n) is 3.47. The molecule has 2 atom stereocenters. The quantitative estimate of drug-likeness (QED) is 0.886. The number of benzene rings is 2. The van der Waals surface area contributed by atoms with Gasteiger partial charge in [0, 0.05) is 17.5 Å². The Labute approximate surface area is 114 Å². The van der Waals surface area contributed by atoms with Gasteiger partial charge >= 0.3 is 0 Å². The van der Waals surface area contributed by atoms with Crippen molar-refractivity contribution >= 4 is 5.91 Å². The monoisotopic (exact) mass is 253 g/mol. The van der Waals surface area contributed by atoms with Gasteiger partial charge in [-0.25, -0.2) is 0 Å². The van der Waals surface area contributed by atoms with Crippen LogP contribution in [0.4, 0.5) is 0 Å². The van der Waals surface area contributed by atoms with Crippen LogP contribution in [0.25, 0.3) is 0 Å². The zero-order chi connectivity index (χ0) is 13.7. The van der Waals surface area contributed by atoms with Crippen molar-refractivity contribution in [2.24, 2.45) is 0 Å². The van der Waals surface area contributed by atoms with Crippen molar-refractivity contribution in [1.82, 2.24) is 5.32 Å². The lowest BCUT2D eigenvalue weighted by molar-refractivity contribution is 0.0935. The van der Waals surface area contributed by atoms with Gasteiger partial charge in [-0.3, -0.25) is 4.79 Å². The summed E-state index contributed by atoms with van der Waals surface area (Å²) in [5.41, 5.74) is 1.94. The molecule has 0 saturated heterocycles. The van der Waals surface area contributed by atoms with Crippen molar-refractivity contribution in [2.45, 2.75) is 25.8 Å². The summed E-state index contributed by atoms with van der Waals surface area (Å²) >= 11 is 0. The summed E-state index contributed by atoms with van der Waals surface area (Å²) < 4.78 is 0. The number of rotatable bonds is 4. The first kappa shape index (κ1) is 13.3. The van der Waals surface area contributed by atoms with Gasteiger partial charge in [-0.1, -0.05) is 55.5 Å². The Bertz CT molecular complexity index is 521. The predicted molar refractivity (Wildman–Crippen MR) is 78.2 cm³/mol. The molecule has 1 N–H and O–H groups in total. The van der Waals surface area contributed by atoms with Gasteiger partial charge in [-0.2, -0.15) is 0 Å². The number of hydrogen-bond donors (Lipinski definition) is 1. The van der Waals surface area contributed by atoms with Crippen LogP contribution in [-0.4, -0.2) is 11.9 Å². The molecule has 0 heterocycles. The first-order valence-corrected chi connectivity index (χ1v) is 6.59. The number of carbonyl (C=O) groups is 1. The molecule has 2 rings (SSSR count).